The Morgan fingerprint density at radius 2 is 1.88 bits per heavy atom. The molecule has 0 spiro atoms. The van der Waals surface area contributed by atoms with Gasteiger partial charge in [-0.05, 0) is 48.9 Å². The molecule has 82 valence electrons. The molecule has 0 saturated carbocycles. The zero-order valence-electron chi connectivity index (χ0n) is 9.21. The molecule has 3 heteroatoms. The summed E-state index contributed by atoms with van der Waals surface area (Å²) in [6.07, 6.45) is 5.60. The molecule has 3 nitrogen and oxygen atoms in total. The molecule has 1 heterocycles. The van der Waals surface area contributed by atoms with E-state index >= 15 is 0 Å². The zero-order valence-corrected chi connectivity index (χ0v) is 9.21. The van der Waals surface area contributed by atoms with Gasteiger partial charge in [0.15, 0.2) is 0 Å². The fraction of sp³-hybridized carbons (Fsp3) is 0.154. The van der Waals surface area contributed by atoms with Crippen molar-refractivity contribution in [1.29, 1.82) is 0 Å². The van der Waals surface area contributed by atoms with Crippen LogP contribution in [0.3, 0.4) is 0 Å². The van der Waals surface area contributed by atoms with E-state index in [1.807, 2.05) is 61.9 Å². The second kappa shape index (κ2) is 5.16. The van der Waals surface area contributed by atoms with Crippen molar-refractivity contribution in [1.82, 2.24) is 4.68 Å². The van der Waals surface area contributed by atoms with Gasteiger partial charge in [0.2, 0.25) is 0 Å². The van der Waals surface area contributed by atoms with Gasteiger partial charge in [0.05, 0.1) is 12.8 Å². The first-order valence-corrected chi connectivity index (χ1v) is 5.28. The monoisotopic (exact) mass is 214 g/mol. The summed E-state index contributed by atoms with van der Waals surface area (Å²) >= 11 is 0. The van der Waals surface area contributed by atoms with E-state index in [-0.39, 0.29) is 0 Å². The Bertz CT molecular complexity index is 443. The third kappa shape index (κ3) is 2.73. The minimum atomic E-state index is 0.691. The molecule has 0 aliphatic heterocycles. The van der Waals surface area contributed by atoms with Crippen LogP contribution in [0, 0.1) is 0 Å². The molecule has 2 aromatic rings. The molecule has 0 aliphatic rings. The molecular formula is C13H14N2O. The van der Waals surface area contributed by atoms with E-state index in [2.05, 4.69) is 5.10 Å². The van der Waals surface area contributed by atoms with Gasteiger partial charge in [0, 0.05) is 12.4 Å². The maximum Gasteiger partial charge on any atom is 0.119 e. The van der Waals surface area contributed by atoms with Gasteiger partial charge in [-0.15, -0.1) is 0 Å². The number of ether oxygens (including phenoxy) is 1. The smallest absolute Gasteiger partial charge is 0.119 e. The molecule has 16 heavy (non-hydrogen) atoms. The van der Waals surface area contributed by atoms with Gasteiger partial charge >= 0.3 is 0 Å². The lowest BCUT2D eigenvalue weighted by molar-refractivity contribution is 0.340. The summed E-state index contributed by atoms with van der Waals surface area (Å²) in [5, 5.41) is 4.26. The van der Waals surface area contributed by atoms with Crippen LogP contribution in [-0.2, 0) is 0 Å². The van der Waals surface area contributed by atoms with Crippen LogP contribution in [0.25, 0.3) is 0 Å². The quantitative estimate of drug-likeness (QED) is 0.719. The van der Waals surface area contributed by atoms with Crippen molar-refractivity contribution >= 4 is 6.21 Å². The summed E-state index contributed by atoms with van der Waals surface area (Å²) in [4.78, 5) is 0. The minimum Gasteiger partial charge on any atom is -0.494 e. The lowest BCUT2D eigenvalue weighted by atomic mass is 10.2. The van der Waals surface area contributed by atoms with Crippen LogP contribution >= 0.6 is 0 Å². The standard InChI is InChI=1S/C13H14N2O/c1-2-16-13-7-5-12(6-8-13)11-14-15-9-3-4-10-15/h3-11H,2H2,1H3/b14-11+. The molecule has 0 amide bonds. The number of hydrogen-bond acceptors (Lipinski definition) is 2. The predicted octanol–water partition coefficient (Wildman–Crippen LogP) is 2.77. The molecule has 1 aromatic heterocycles. The molecular weight excluding hydrogens is 200 g/mol. The van der Waals surface area contributed by atoms with Gasteiger partial charge in [0.25, 0.3) is 0 Å². The molecule has 0 radical (unpaired) electrons. The molecule has 2 rings (SSSR count). The number of nitrogens with zero attached hydrogens (tertiary/aromatic N) is 2. The van der Waals surface area contributed by atoms with E-state index in [1.165, 1.54) is 0 Å². The van der Waals surface area contributed by atoms with E-state index in [0.717, 1.165) is 11.3 Å². The highest BCUT2D eigenvalue weighted by Crippen LogP contribution is 2.10. The highest BCUT2D eigenvalue weighted by atomic mass is 16.5. The normalized spacial score (nSPS) is 10.8. The Balaban J connectivity index is 2.05. The molecule has 1 aromatic carbocycles. The average molecular weight is 214 g/mol. The fourth-order valence-electron chi connectivity index (χ4n) is 1.35. The van der Waals surface area contributed by atoms with Gasteiger partial charge in [0.1, 0.15) is 5.75 Å². The highest BCUT2D eigenvalue weighted by Gasteiger charge is 1.91. The largest absolute Gasteiger partial charge is 0.494 e. The number of rotatable bonds is 4. The van der Waals surface area contributed by atoms with Crippen LogP contribution in [0.4, 0.5) is 0 Å². The summed E-state index contributed by atoms with van der Waals surface area (Å²) < 4.78 is 7.12. The molecule has 0 saturated heterocycles. The van der Waals surface area contributed by atoms with Gasteiger partial charge < -0.3 is 4.74 Å². The van der Waals surface area contributed by atoms with E-state index < -0.39 is 0 Å². The summed E-state index contributed by atoms with van der Waals surface area (Å²) in [6, 6.07) is 11.7. The van der Waals surface area contributed by atoms with Crippen molar-refractivity contribution in [3.05, 3.63) is 54.4 Å². The Morgan fingerprint density at radius 3 is 2.50 bits per heavy atom. The first kappa shape index (κ1) is 10.5. The van der Waals surface area contributed by atoms with Crippen LogP contribution in [0.2, 0.25) is 0 Å². The topological polar surface area (TPSA) is 26.5 Å². The first-order valence-electron chi connectivity index (χ1n) is 5.28. The highest BCUT2D eigenvalue weighted by molar-refractivity contribution is 5.79. The lowest BCUT2D eigenvalue weighted by Crippen LogP contribution is -1.91. The summed E-state index contributed by atoms with van der Waals surface area (Å²) in [7, 11) is 0. The third-order valence-corrected chi connectivity index (χ3v) is 2.12. The SMILES string of the molecule is CCOc1ccc(/C=N/n2cccc2)cc1. The zero-order chi connectivity index (χ0) is 11.2. The van der Waals surface area contributed by atoms with E-state index in [0.29, 0.717) is 6.61 Å². The van der Waals surface area contributed by atoms with Crippen LogP contribution < -0.4 is 4.74 Å². The lowest BCUT2D eigenvalue weighted by Gasteiger charge is -2.01. The number of hydrogen-bond donors (Lipinski definition) is 0. The summed E-state index contributed by atoms with van der Waals surface area (Å²) in [5.41, 5.74) is 1.05. The van der Waals surface area contributed by atoms with Crippen molar-refractivity contribution in [3.63, 3.8) is 0 Å². The van der Waals surface area contributed by atoms with Crippen molar-refractivity contribution < 1.29 is 4.74 Å². The van der Waals surface area contributed by atoms with Crippen LogP contribution in [-0.4, -0.2) is 17.5 Å². The Hall–Kier alpha value is -2.03. The maximum atomic E-state index is 5.36. The van der Waals surface area contributed by atoms with Crippen molar-refractivity contribution in [2.75, 3.05) is 6.61 Å². The van der Waals surface area contributed by atoms with Gasteiger partial charge in [-0.2, -0.15) is 5.10 Å². The summed E-state index contributed by atoms with van der Waals surface area (Å²) in [5.74, 6) is 0.889. The molecule has 0 N–H and O–H groups in total. The second-order valence-corrected chi connectivity index (χ2v) is 3.31. The molecule has 0 atom stereocenters. The molecule has 0 bridgehead atoms. The molecule has 0 aliphatic carbocycles. The van der Waals surface area contributed by atoms with E-state index in [1.54, 1.807) is 4.68 Å². The first-order chi connectivity index (χ1) is 7.88. The van der Waals surface area contributed by atoms with Crippen molar-refractivity contribution in [3.8, 4) is 5.75 Å². The average Bonchev–Trinajstić information content (AvgIpc) is 2.82. The summed E-state index contributed by atoms with van der Waals surface area (Å²) in [6.45, 7) is 2.66. The maximum absolute atomic E-state index is 5.36. The Kier molecular flexibility index (Phi) is 3.38. The Labute approximate surface area is 95.0 Å². The predicted molar refractivity (Wildman–Crippen MR) is 65.0 cm³/mol. The van der Waals surface area contributed by atoms with Gasteiger partial charge in [-0.3, -0.25) is 0 Å². The van der Waals surface area contributed by atoms with Crippen LogP contribution in [0.15, 0.2) is 53.9 Å². The van der Waals surface area contributed by atoms with E-state index in [9.17, 15) is 0 Å². The van der Waals surface area contributed by atoms with Crippen LogP contribution in [0.1, 0.15) is 12.5 Å². The molecule has 0 unspecified atom stereocenters. The number of aromatic nitrogens is 1. The van der Waals surface area contributed by atoms with Gasteiger partial charge in [-0.1, -0.05) is 0 Å². The van der Waals surface area contributed by atoms with Crippen molar-refractivity contribution in [2.45, 2.75) is 6.92 Å². The second-order valence-electron chi connectivity index (χ2n) is 3.31. The van der Waals surface area contributed by atoms with E-state index in [4.69, 9.17) is 4.74 Å². The molecule has 0 fully saturated rings. The van der Waals surface area contributed by atoms with Crippen LogP contribution in [0.5, 0.6) is 5.75 Å². The van der Waals surface area contributed by atoms with Crippen molar-refractivity contribution in [2.24, 2.45) is 5.10 Å². The fourth-order valence-corrected chi connectivity index (χ4v) is 1.35. The Morgan fingerprint density at radius 1 is 1.19 bits per heavy atom. The number of benzene rings is 1. The minimum absolute atomic E-state index is 0.691. The third-order valence-electron chi connectivity index (χ3n) is 2.12. The van der Waals surface area contributed by atoms with Gasteiger partial charge in [-0.25, -0.2) is 4.68 Å².